The Morgan fingerprint density at radius 3 is 2.50 bits per heavy atom. The van der Waals surface area contributed by atoms with Crippen molar-refractivity contribution in [3.05, 3.63) is 65.7 Å². The Balaban J connectivity index is 2.42. The van der Waals surface area contributed by atoms with E-state index in [4.69, 9.17) is 9.47 Å². The Bertz CT molecular complexity index is 647. The SMILES string of the molecule is C=CC(C)c1cc(O)c(C)c(OC)c1OCc1ccccc1. The summed E-state index contributed by atoms with van der Waals surface area (Å²) < 4.78 is 11.5. The first-order valence-electron chi connectivity index (χ1n) is 7.28. The summed E-state index contributed by atoms with van der Waals surface area (Å²) in [5.41, 5.74) is 2.61. The lowest BCUT2D eigenvalue weighted by Gasteiger charge is -2.20. The number of methoxy groups -OCH3 is 1. The van der Waals surface area contributed by atoms with Crippen LogP contribution in [0.4, 0.5) is 0 Å². The molecular formula is C19H22O3. The summed E-state index contributed by atoms with van der Waals surface area (Å²) in [4.78, 5) is 0. The molecule has 22 heavy (non-hydrogen) atoms. The van der Waals surface area contributed by atoms with Gasteiger partial charge in [-0.25, -0.2) is 0 Å². The zero-order valence-electron chi connectivity index (χ0n) is 13.3. The summed E-state index contributed by atoms with van der Waals surface area (Å²) in [6, 6.07) is 11.7. The summed E-state index contributed by atoms with van der Waals surface area (Å²) in [7, 11) is 1.58. The maximum atomic E-state index is 10.1. The molecule has 0 bridgehead atoms. The predicted octanol–water partition coefficient (Wildman–Crippen LogP) is 4.58. The second kappa shape index (κ2) is 7.03. The number of ether oxygens (including phenoxy) is 2. The van der Waals surface area contributed by atoms with Crippen molar-refractivity contribution < 1.29 is 14.6 Å². The smallest absolute Gasteiger partial charge is 0.167 e. The van der Waals surface area contributed by atoms with Gasteiger partial charge in [-0.05, 0) is 18.6 Å². The molecule has 0 heterocycles. The van der Waals surface area contributed by atoms with Crippen LogP contribution in [0.5, 0.6) is 17.2 Å². The number of hydrogen-bond donors (Lipinski definition) is 1. The number of allylic oxidation sites excluding steroid dienone is 1. The minimum atomic E-state index is 0.0474. The van der Waals surface area contributed by atoms with Gasteiger partial charge in [-0.1, -0.05) is 43.3 Å². The van der Waals surface area contributed by atoms with Gasteiger partial charge in [0.25, 0.3) is 0 Å². The molecule has 3 nitrogen and oxygen atoms in total. The van der Waals surface area contributed by atoms with Crippen molar-refractivity contribution in [2.75, 3.05) is 7.11 Å². The third-order valence-corrected chi connectivity index (χ3v) is 3.76. The van der Waals surface area contributed by atoms with Gasteiger partial charge in [0.1, 0.15) is 12.4 Å². The van der Waals surface area contributed by atoms with E-state index in [0.717, 1.165) is 11.1 Å². The van der Waals surface area contributed by atoms with Crippen LogP contribution in [0.2, 0.25) is 0 Å². The van der Waals surface area contributed by atoms with Gasteiger partial charge in [0.05, 0.1) is 7.11 Å². The molecule has 0 saturated carbocycles. The fourth-order valence-electron chi connectivity index (χ4n) is 2.33. The molecule has 116 valence electrons. The van der Waals surface area contributed by atoms with Crippen LogP contribution >= 0.6 is 0 Å². The molecular weight excluding hydrogens is 276 g/mol. The minimum absolute atomic E-state index is 0.0474. The van der Waals surface area contributed by atoms with Crippen LogP contribution < -0.4 is 9.47 Å². The Morgan fingerprint density at radius 2 is 1.91 bits per heavy atom. The molecule has 0 aromatic heterocycles. The Hall–Kier alpha value is -2.42. The van der Waals surface area contributed by atoms with Crippen LogP contribution in [-0.4, -0.2) is 12.2 Å². The quantitative estimate of drug-likeness (QED) is 0.793. The van der Waals surface area contributed by atoms with Crippen molar-refractivity contribution >= 4 is 0 Å². The molecule has 1 N–H and O–H groups in total. The van der Waals surface area contributed by atoms with Gasteiger partial charge in [-0.2, -0.15) is 0 Å². The highest BCUT2D eigenvalue weighted by molar-refractivity contribution is 5.59. The number of phenols is 1. The summed E-state index contributed by atoms with van der Waals surface area (Å²) in [6.07, 6.45) is 1.82. The maximum Gasteiger partial charge on any atom is 0.167 e. The molecule has 2 rings (SSSR count). The first-order chi connectivity index (χ1) is 10.6. The highest BCUT2D eigenvalue weighted by atomic mass is 16.5. The van der Waals surface area contributed by atoms with Crippen LogP contribution in [0.3, 0.4) is 0 Å². The molecule has 0 aliphatic rings. The van der Waals surface area contributed by atoms with Crippen LogP contribution in [0, 0.1) is 6.92 Å². The fraction of sp³-hybridized carbons (Fsp3) is 0.263. The van der Waals surface area contributed by atoms with E-state index in [1.807, 2.05) is 50.3 Å². The largest absolute Gasteiger partial charge is 0.508 e. The summed E-state index contributed by atoms with van der Waals surface area (Å²) in [5, 5.41) is 10.1. The predicted molar refractivity (Wildman–Crippen MR) is 88.8 cm³/mol. The average molecular weight is 298 g/mol. The van der Waals surface area contributed by atoms with Crippen molar-refractivity contribution in [1.82, 2.24) is 0 Å². The van der Waals surface area contributed by atoms with Gasteiger partial charge in [-0.3, -0.25) is 0 Å². The number of hydrogen-bond acceptors (Lipinski definition) is 3. The van der Waals surface area contributed by atoms with Gasteiger partial charge in [0, 0.05) is 17.0 Å². The number of benzene rings is 2. The first kappa shape index (κ1) is 16.0. The summed E-state index contributed by atoms with van der Waals surface area (Å²) in [6.45, 7) is 8.09. The van der Waals surface area contributed by atoms with E-state index in [1.54, 1.807) is 13.2 Å². The van der Waals surface area contributed by atoms with Crippen molar-refractivity contribution in [2.24, 2.45) is 0 Å². The van der Waals surface area contributed by atoms with E-state index >= 15 is 0 Å². The van der Waals surface area contributed by atoms with Gasteiger partial charge >= 0.3 is 0 Å². The molecule has 0 radical (unpaired) electrons. The van der Waals surface area contributed by atoms with E-state index in [9.17, 15) is 5.11 Å². The molecule has 0 amide bonds. The van der Waals surface area contributed by atoms with E-state index in [2.05, 4.69) is 6.58 Å². The lowest BCUT2D eigenvalue weighted by Crippen LogP contribution is -2.04. The molecule has 1 atom stereocenters. The third kappa shape index (κ3) is 3.25. The molecule has 0 spiro atoms. The first-order valence-corrected chi connectivity index (χ1v) is 7.28. The molecule has 1 unspecified atom stereocenters. The van der Waals surface area contributed by atoms with E-state index in [-0.39, 0.29) is 11.7 Å². The van der Waals surface area contributed by atoms with Gasteiger partial charge < -0.3 is 14.6 Å². The molecule has 0 aliphatic carbocycles. The third-order valence-electron chi connectivity index (χ3n) is 3.76. The van der Waals surface area contributed by atoms with Crippen molar-refractivity contribution in [2.45, 2.75) is 26.4 Å². The van der Waals surface area contributed by atoms with E-state index in [0.29, 0.717) is 23.7 Å². The zero-order valence-corrected chi connectivity index (χ0v) is 13.3. The number of phenolic OH excluding ortho intramolecular Hbond substituents is 1. The van der Waals surface area contributed by atoms with Crippen LogP contribution in [-0.2, 0) is 6.61 Å². The van der Waals surface area contributed by atoms with Gasteiger partial charge in [0.2, 0.25) is 0 Å². The molecule has 2 aromatic carbocycles. The van der Waals surface area contributed by atoms with Gasteiger partial charge in [-0.15, -0.1) is 6.58 Å². The van der Waals surface area contributed by atoms with Crippen molar-refractivity contribution in [3.63, 3.8) is 0 Å². The average Bonchev–Trinajstić information content (AvgIpc) is 2.55. The lowest BCUT2D eigenvalue weighted by atomic mass is 9.97. The normalized spacial score (nSPS) is 11.8. The Labute approximate surface area is 131 Å². The number of rotatable bonds is 6. The second-order valence-corrected chi connectivity index (χ2v) is 5.27. The fourth-order valence-corrected chi connectivity index (χ4v) is 2.33. The monoisotopic (exact) mass is 298 g/mol. The standard InChI is InChI=1S/C19H22O3/c1-5-13(2)16-11-17(20)14(3)18(21-4)19(16)22-12-15-9-7-6-8-10-15/h5-11,13,20H,1,12H2,2-4H3. The Morgan fingerprint density at radius 1 is 1.23 bits per heavy atom. The molecule has 2 aromatic rings. The van der Waals surface area contributed by atoms with Crippen LogP contribution in [0.15, 0.2) is 49.1 Å². The maximum absolute atomic E-state index is 10.1. The highest BCUT2D eigenvalue weighted by Gasteiger charge is 2.20. The highest BCUT2D eigenvalue weighted by Crippen LogP contribution is 2.43. The number of aromatic hydroxyl groups is 1. The zero-order chi connectivity index (χ0) is 16.1. The second-order valence-electron chi connectivity index (χ2n) is 5.27. The minimum Gasteiger partial charge on any atom is -0.508 e. The van der Waals surface area contributed by atoms with Gasteiger partial charge in [0.15, 0.2) is 11.5 Å². The van der Waals surface area contributed by atoms with E-state index < -0.39 is 0 Å². The molecule has 0 saturated heterocycles. The van der Waals surface area contributed by atoms with E-state index in [1.165, 1.54) is 0 Å². The summed E-state index contributed by atoms with van der Waals surface area (Å²) >= 11 is 0. The molecule has 0 fully saturated rings. The topological polar surface area (TPSA) is 38.7 Å². The molecule has 0 aliphatic heterocycles. The summed E-state index contributed by atoms with van der Waals surface area (Å²) in [5.74, 6) is 1.48. The van der Waals surface area contributed by atoms with Crippen molar-refractivity contribution in [3.8, 4) is 17.2 Å². The van der Waals surface area contributed by atoms with Crippen LogP contribution in [0.25, 0.3) is 0 Å². The van der Waals surface area contributed by atoms with Crippen LogP contribution in [0.1, 0.15) is 29.5 Å². The Kier molecular flexibility index (Phi) is 5.10. The molecule has 3 heteroatoms. The lowest BCUT2D eigenvalue weighted by molar-refractivity contribution is 0.278. The van der Waals surface area contributed by atoms with Crippen molar-refractivity contribution in [1.29, 1.82) is 0 Å².